The molecule has 29 heavy (non-hydrogen) atoms. The van der Waals surface area contributed by atoms with E-state index in [-0.39, 0.29) is 17.9 Å². The minimum atomic E-state index is -0.175. The molecule has 7 nitrogen and oxygen atoms in total. The zero-order chi connectivity index (χ0) is 20.8. The average molecular weight is 418 g/mol. The molecule has 1 aliphatic rings. The van der Waals surface area contributed by atoms with Crippen LogP contribution in [0.3, 0.4) is 0 Å². The summed E-state index contributed by atoms with van der Waals surface area (Å²) < 4.78 is 10.5. The number of amides is 3. The smallest absolute Gasteiger partial charge is 0.321 e. The van der Waals surface area contributed by atoms with Gasteiger partial charge in [0, 0.05) is 41.5 Å². The molecule has 0 saturated carbocycles. The Morgan fingerprint density at radius 3 is 2.17 bits per heavy atom. The molecule has 3 rings (SSSR count). The van der Waals surface area contributed by atoms with Crippen LogP contribution in [0.4, 0.5) is 16.2 Å². The molecular formula is C21H24ClN3O4. The highest BCUT2D eigenvalue weighted by Gasteiger charge is 2.27. The zero-order valence-electron chi connectivity index (χ0n) is 16.4. The lowest BCUT2D eigenvalue weighted by Crippen LogP contribution is -2.43. The van der Waals surface area contributed by atoms with E-state index < -0.39 is 0 Å². The van der Waals surface area contributed by atoms with Gasteiger partial charge in [-0.2, -0.15) is 0 Å². The second kappa shape index (κ2) is 9.52. The van der Waals surface area contributed by atoms with Gasteiger partial charge in [0.25, 0.3) is 0 Å². The molecule has 1 aliphatic heterocycles. The molecule has 0 aromatic heterocycles. The van der Waals surface area contributed by atoms with Crippen molar-refractivity contribution in [3.8, 4) is 11.5 Å². The van der Waals surface area contributed by atoms with E-state index >= 15 is 0 Å². The molecular weight excluding hydrogens is 394 g/mol. The number of piperidine rings is 1. The lowest BCUT2D eigenvalue weighted by molar-refractivity contribution is -0.121. The highest BCUT2D eigenvalue weighted by atomic mass is 35.5. The van der Waals surface area contributed by atoms with E-state index in [1.165, 1.54) is 0 Å². The lowest BCUT2D eigenvalue weighted by Gasteiger charge is -2.31. The minimum Gasteiger partial charge on any atom is -0.493 e. The van der Waals surface area contributed by atoms with Crippen molar-refractivity contribution in [2.24, 2.45) is 5.92 Å². The number of hydrogen-bond acceptors (Lipinski definition) is 4. The summed E-state index contributed by atoms with van der Waals surface area (Å²) in [7, 11) is 3.11. The van der Waals surface area contributed by atoms with E-state index in [9.17, 15) is 9.59 Å². The summed E-state index contributed by atoms with van der Waals surface area (Å²) in [5.41, 5.74) is 1.34. The minimum absolute atomic E-state index is 0.0602. The van der Waals surface area contributed by atoms with Crippen LogP contribution in [-0.2, 0) is 4.79 Å². The SMILES string of the molecule is COc1ccc(NC(=O)C2CCN(C(=O)Nc3ccc(Cl)cc3)CC2)cc1OC. The van der Waals surface area contributed by atoms with Crippen molar-refractivity contribution in [1.29, 1.82) is 0 Å². The number of likely N-dealkylation sites (tertiary alicyclic amines) is 1. The van der Waals surface area contributed by atoms with Crippen molar-refractivity contribution >= 4 is 34.9 Å². The molecule has 0 atom stereocenters. The third-order valence-corrected chi connectivity index (χ3v) is 5.15. The third-order valence-electron chi connectivity index (χ3n) is 4.90. The van der Waals surface area contributed by atoms with Crippen molar-refractivity contribution in [3.63, 3.8) is 0 Å². The molecule has 0 bridgehead atoms. The van der Waals surface area contributed by atoms with Crippen molar-refractivity contribution in [2.45, 2.75) is 12.8 Å². The van der Waals surface area contributed by atoms with E-state index in [2.05, 4.69) is 10.6 Å². The predicted octanol–water partition coefficient (Wildman–Crippen LogP) is 4.24. The van der Waals surface area contributed by atoms with Gasteiger partial charge in [0.05, 0.1) is 14.2 Å². The summed E-state index contributed by atoms with van der Waals surface area (Å²) in [6.07, 6.45) is 1.21. The number of nitrogens with zero attached hydrogens (tertiary/aromatic N) is 1. The van der Waals surface area contributed by atoms with Gasteiger partial charge in [-0.25, -0.2) is 4.79 Å². The number of rotatable bonds is 5. The summed E-state index contributed by atoms with van der Waals surface area (Å²) >= 11 is 5.86. The van der Waals surface area contributed by atoms with Gasteiger partial charge in [0.15, 0.2) is 11.5 Å². The maximum absolute atomic E-state index is 12.6. The lowest BCUT2D eigenvalue weighted by atomic mass is 9.96. The van der Waals surface area contributed by atoms with Crippen LogP contribution in [0.25, 0.3) is 0 Å². The fourth-order valence-electron chi connectivity index (χ4n) is 3.24. The van der Waals surface area contributed by atoms with Gasteiger partial charge in [-0.05, 0) is 49.2 Å². The molecule has 0 spiro atoms. The number of urea groups is 1. The first-order valence-corrected chi connectivity index (χ1v) is 9.72. The molecule has 2 aromatic carbocycles. The van der Waals surface area contributed by atoms with Gasteiger partial charge in [0.1, 0.15) is 0 Å². The fourth-order valence-corrected chi connectivity index (χ4v) is 3.36. The number of carbonyl (C=O) groups is 2. The number of nitrogens with one attached hydrogen (secondary N) is 2. The number of halogens is 1. The molecule has 2 N–H and O–H groups in total. The number of carbonyl (C=O) groups excluding carboxylic acids is 2. The number of methoxy groups -OCH3 is 2. The molecule has 2 aromatic rings. The Morgan fingerprint density at radius 1 is 0.931 bits per heavy atom. The summed E-state index contributed by atoms with van der Waals surface area (Å²) in [5, 5.41) is 6.38. The first-order chi connectivity index (χ1) is 14.0. The monoisotopic (exact) mass is 417 g/mol. The second-order valence-corrected chi connectivity index (χ2v) is 7.19. The molecule has 1 fully saturated rings. The zero-order valence-corrected chi connectivity index (χ0v) is 17.2. The Labute approximate surface area is 174 Å². The third kappa shape index (κ3) is 5.32. The van der Waals surface area contributed by atoms with Gasteiger partial charge in [-0.3, -0.25) is 4.79 Å². The number of ether oxygens (including phenoxy) is 2. The number of hydrogen-bond donors (Lipinski definition) is 2. The Morgan fingerprint density at radius 2 is 1.55 bits per heavy atom. The summed E-state index contributed by atoms with van der Waals surface area (Å²) in [4.78, 5) is 26.7. The van der Waals surface area contributed by atoms with Crippen molar-refractivity contribution in [3.05, 3.63) is 47.5 Å². The molecule has 8 heteroatoms. The molecule has 0 radical (unpaired) electrons. The Hall–Kier alpha value is -2.93. The molecule has 3 amide bonds. The van der Waals surface area contributed by atoms with E-state index in [1.54, 1.807) is 61.6 Å². The van der Waals surface area contributed by atoms with E-state index in [0.717, 1.165) is 0 Å². The van der Waals surface area contributed by atoms with E-state index in [1.807, 2.05) is 0 Å². The Bertz CT molecular complexity index is 865. The van der Waals surface area contributed by atoms with Gasteiger partial charge in [-0.15, -0.1) is 0 Å². The Kier molecular flexibility index (Phi) is 6.82. The highest BCUT2D eigenvalue weighted by Crippen LogP contribution is 2.30. The largest absolute Gasteiger partial charge is 0.493 e. The molecule has 154 valence electrons. The van der Waals surface area contributed by atoms with E-state index in [4.69, 9.17) is 21.1 Å². The summed E-state index contributed by atoms with van der Waals surface area (Å²) in [5.74, 6) is 0.946. The highest BCUT2D eigenvalue weighted by molar-refractivity contribution is 6.30. The summed E-state index contributed by atoms with van der Waals surface area (Å²) in [6, 6.07) is 12.0. The summed E-state index contributed by atoms with van der Waals surface area (Å²) in [6.45, 7) is 1.03. The maximum atomic E-state index is 12.6. The predicted molar refractivity (Wildman–Crippen MR) is 113 cm³/mol. The van der Waals surface area contributed by atoms with Crippen LogP contribution < -0.4 is 20.1 Å². The van der Waals surface area contributed by atoms with Crippen LogP contribution in [0, 0.1) is 5.92 Å². The standard InChI is InChI=1S/C21H24ClN3O4/c1-28-18-8-7-17(13-19(18)29-2)23-20(26)14-9-11-25(12-10-14)21(27)24-16-5-3-15(22)4-6-16/h3-8,13-14H,9-12H2,1-2H3,(H,23,26)(H,24,27). The van der Waals surface area contributed by atoms with Crippen LogP contribution in [0.2, 0.25) is 5.02 Å². The Balaban J connectivity index is 1.51. The van der Waals surface area contributed by atoms with Gasteiger partial charge >= 0.3 is 6.03 Å². The maximum Gasteiger partial charge on any atom is 0.321 e. The average Bonchev–Trinajstić information content (AvgIpc) is 2.75. The van der Waals surface area contributed by atoms with Gasteiger partial charge in [0.2, 0.25) is 5.91 Å². The van der Waals surface area contributed by atoms with Gasteiger partial charge in [-0.1, -0.05) is 11.6 Å². The molecule has 0 aliphatic carbocycles. The van der Waals surface area contributed by atoms with Gasteiger partial charge < -0.3 is 25.0 Å². The van der Waals surface area contributed by atoms with Crippen LogP contribution in [-0.4, -0.2) is 44.1 Å². The topological polar surface area (TPSA) is 79.9 Å². The first kappa shape index (κ1) is 20.8. The van der Waals surface area contributed by atoms with Crippen LogP contribution in [0.1, 0.15) is 12.8 Å². The quantitative estimate of drug-likeness (QED) is 0.762. The van der Waals surface area contributed by atoms with Crippen LogP contribution in [0.15, 0.2) is 42.5 Å². The second-order valence-electron chi connectivity index (χ2n) is 6.76. The fraction of sp³-hybridized carbons (Fsp3) is 0.333. The van der Waals surface area contributed by atoms with Crippen molar-refractivity contribution in [1.82, 2.24) is 4.90 Å². The normalized spacial score (nSPS) is 14.2. The van der Waals surface area contributed by atoms with Crippen molar-refractivity contribution < 1.29 is 19.1 Å². The van der Waals surface area contributed by atoms with Crippen molar-refractivity contribution in [2.75, 3.05) is 37.9 Å². The van der Waals surface area contributed by atoms with E-state index in [0.29, 0.717) is 53.8 Å². The molecule has 0 unspecified atom stereocenters. The first-order valence-electron chi connectivity index (χ1n) is 9.34. The number of benzene rings is 2. The molecule has 1 heterocycles. The number of anilines is 2. The van der Waals surface area contributed by atoms with Crippen LogP contribution in [0.5, 0.6) is 11.5 Å². The van der Waals surface area contributed by atoms with Crippen LogP contribution >= 0.6 is 11.6 Å². The molecule has 1 saturated heterocycles.